The molecule has 0 bridgehead atoms. The van der Waals surface area contributed by atoms with Crippen molar-refractivity contribution in [2.24, 2.45) is 7.05 Å². The highest BCUT2D eigenvalue weighted by molar-refractivity contribution is 7.89. The fourth-order valence-corrected chi connectivity index (χ4v) is 4.12. The van der Waals surface area contributed by atoms with Crippen molar-refractivity contribution in [2.75, 3.05) is 0 Å². The molecule has 0 aliphatic rings. The molecule has 0 saturated heterocycles. The van der Waals surface area contributed by atoms with Gasteiger partial charge in [0.15, 0.2) is 0 Å². The maximum Gasteiger partial charge on any atom is 0.241 e. The fourth-order valence-electron chi connectivity index (χ4n) is 2.71. The minimum Gasteiger partial charge on any atom is -0.336 e. The Bertz CT molecular complexity index is 1030. The van der Waals surface area contributed by atoms with Crippen LogP contribution < -0.4 is 4.72 Å². The van der Waals surface area contributed by atoms with Gasteiger partial charge in [-0.15, -0.1) is 0 Å². The lowest BCUT2D eigenvalue weighted by Gasteiger charge is -2.20. The average molecular weight is 377 g/mol. The van der Waals surface area contributed by atoms with Crippen molar-refractivity contribution >= 4 is 10.0 Å². The van der Waals surface area contributed by atoms with Gasteiger partial charge in [0.05, 0.1) is 4.90 Å². The van der Waals surface area contributed by atoms with Crippen molar-refractivity contribution < 1.29 is 17.2 Å². The summed E-state index contributed by atoms with van der Waals surface area (Å²) in [6.45, 7) is 1.52. The molecule has 0 fully saturated rings. The van der Waals surface area contributed by atoms with E-state index in [1.165, 1.54) is 37.3 Å². The monoisotopic (exact) mass is 377 g/mol. The molecule has 1 aromatic heterocycles. The zero-order chi connectivity index (χ0) is 18.9. The van der Waals surface area contributed by atoms with E-state index in [4.69, 9.17) is 0 Å². The number of hydrogen-bond acceptors (Lipinski definition) is 3. The Morgan fingerprint density at radius 3 is 2.31 bits per heavy atom. The smallest absolute Gasteiger partial charge is 0.241 e. The van der Waals surface area contributed by atoms with E-state index in [0.29, 0.717) is 11.4 Å². The van der Waals surface area contributed by atoms with Crippen LogP contribution in [0, 0.1) is 18.6 Å². The number of benzene rings is 2. The van der Waals surface area contributed by atoms with Gasteiger partial charge in [-0.05, 0) is 48.4 Å². The van der Waals surface area contributed by atoms with Gasteiger partial charge in [-0.3, -0.25) is 0 Å². The third-order valence-corrected chi connectivity index (χ3v) is 5.60. The van der Waals surface area contributed by atoms with Crippen LogP contribution in [-0.4, -0.2) is 18.0 Å². The van der Waals surface area contributed by atoms with Gasteiger partial charge in [-0.1, -0.05) is 12.1 Å². The number of nitrogens with one attached hydrogen (secondary N) is 1. The standard InChI is InChI=1S/C18H17F2N3O2S/c1-12-11-15(20)7-8-16(12)26(24,25)22-17(18-21-9-10-23(18)2)13-3-5-14(19)6-4-13/h3-11,17,22H,1-2H3. The first-order valence-electron chi connectivity index (χ1n) is 7.79. The summed E-state index contributed by atoms with van der Waals surface area (Å²) in [6, 6.07) is 8.13. The molecule has 1 N–H and O–H groups in total. The molecule has 0 spiro atoms. The summed E-state index contributed by atoms with van der Waals surface area (Å²) in [5.41, 5.74) is 0.819. The van der Waals surface area contributed by atoms with Crippen LogP contribution in [0.4, 0.5) is 8.78 Å². The molecule has 8 heteroatoms. The van der Waals surface area contributed by atoms with Gasteiger partial charge in [-0.25, -0.2) is 22.2 Å². The highest BCUT2D eigenvalue weighted by Crippen LogP contribution is 2.25. The van der Waals surface area contributed by atoms with Gasteiger partial charge < -0.3 is 4.57 Å². The number of rotatable bonds is 5. The Balaban J connectivity index is 2.05. The average Bonchev–Trinajstić information content (AvgIpc) is 2.99. The highest BCUT2D eigenvalue weighted by Gasteiger charge is 2.26. The largest absolute Gasteiger partial charge is 0.336 e. The Hall–Kier alpha value is -2.58. The van der Waals surface area contributed by atoms with Crippen LogP contribution in [0.15, 0.2) is 59.8 Å². The van der Waals surface area contributed by atoms with Crippen LogP contribution >= 0.6 is 0 Å². The molecule has 1 heterocycles. The lowest BCUT2D eigenvalue weighted by Crippen LogP contribution is -2.31. The number of nitrogens with zero attached hydrogens (tertiary/aromatic N) is 2. The van der Waals surface area contributed by atoms with Crippen LogP contribution in [0.5, 0.6) is 0 Å². The van der Waals surface area contributed by atoms with E-state index in [2.05, 4.69) is 9.71 Å². The van der Waals surface area contributed by atoms with Crippen molar-refractivity contribution in [1.29, 1.82) is 0 Å². The lowest BCUT2D eigenvalue weighted by molar-refractivity contribution is 0.561. The van der Waals surface area contributed by atoms with Crippen LogP contribution in [-0.2, 0) is 17.1 Å². The molecule has 0 aliphatic heterocycles. The molecule has 3 aromatic rings. The first-order valence-corrected chi connectivity index (χ1v) is 9.27. The molecule has 1 unspecified atom stereocenters. The predicted octanol–water partition coefficient (Wildman–Crippen LogP) is 3.07. The molecular formula is C18H17F2N3O2S. The van der Waals surface area contributed by atoms with Gasteiger partial charge in [0.2, 0.25) is 10.0 Å². The summed E-state index contributed by atoms with van der Waals surface area (Å²) in [6.07, 6.45) is 3.23. The van der Waals surface area contributed by atoms with Crippen molar-refractivity contribution in [3.05, 3.63) is 83.4 Å². The molecular weight excluding hydrogens is 360 g/mol. The Morgan fingerprint density at radius 1 is 1.08 bits per heavy atom. The van der Waals surface area contributed by atoms with Crippen LogP contribution in [0.2, 0.25) is 0 Å². The SMILES string of the molecule is Cc1cc(F)ccc1S(=O)(=O)NC(c1ccc(F)cc1)c1nccn1C. The molecule has 136 valence electrons. The van der Waals surface area contributed by atoms with Gasteiger partial charge in [0.1, 0.15) is 23.5 Å². The second-order valence-corrected chi connectivity index (χ2v) is 7.59. The third-order valence-electron chi connectivity index (χ3n) is 4.02. The van der Waals surface area contributed by atoms with E-state index >= 15 is 0 Å². The van der Waals surface area contributed by atoms with Gasteiger partial charge in [-0.2, -0.15) is 4.72 Å². The molecule has 0 aliphatic carbocycles. The minimum atomic E-state index is -3.97. The summed E-state index contributed by atoms with van der Waals surface area (Å²) in [7, 11) is -2.24. The molecule has 2 aromatic carbocycles. The molecule has 26 heavy (non-hydrogen) atoms. The van der Waals surface area contributed by atoms with Crippen molar-refractivity contribution in [1.82, 2.24) is 14.3 Å². The first kappa shape index (κ1) is 18.2. The summed E-state index contributed by atoms with van der Waals surface area (Å²) in [5.74, 6) is -0.495. The minimum absolute atomic E-state index is 0.0276. The van der Waals surface area contributed by atoms with E-state index in [-0.39, 0.29) is 10.5 Å². The quantitative estimate of drug-likeness (QED) is 0.743. The van der Waals surface area contributed by atoms with Crippen LogP contribution in [0.1, 0.15) is 23.0 Å². The molecule has 0 amide bonds. The molecule has 0 radical (unpaired) electrons. The van der Waals surface area contributed by atoms with E-state index in [1.807, 2.05) is 0 Å². The van der Waals surface area contributed by atoms with E-state index in [0.717, 1.165) is 12.1 Å². The fraction of sp³-hybridized carbons (Fsp3) is 0.167. The number of aryl methyl sites for hydroxylation is 2. The van der Waals surface area contributed by atoms with E-state index in [9.17, 15) is 17.2 Å². The van der Waals surface area contributed by atoms with Crippen molar-refractivity contribution in [2.45, 2.75) is 17.9 Å². The molecule has 3 rings (SSSR count). The number of imidazole rings is 1. The Kier molecular flexibility index (Phi) is 4.88. The van der Waals surface area contributed by atoms with Crippen LogP contribution in [0.3, 0.4) is 0 Å². The van der Waals surface area contributed by atoms with Gasteiger partial charge in [0, 0.05) is 19.4 Å². The number of aromatic nitrogens is 2. The second kappa shape index (κ2) is 6.97. The lowest BCUT2D eigenvalue weighted by atomic mass is 10.1. The third kappa shape index (κ3) is 3.66. The van der Waals surface area contributed by atoms with E-state index < -0.39 is 27.7 Å². The molecule has 0 saturated carbocycles. The maximum absolute atomic E-state index is 13.3. The van der Waals surface area contributed by atoms with E-state index in [1.54, 1.807) is 24.0 Å². The van der Waals surface area contributed by atoms with Crippen molar-refractivity contribution in [3.63, 3.8) is 0 Å². The maximum atomic E-state index is 13.3. The normalized spacial score (nSPS) is 12.9. The van der Waals surface area contributed by atoms with Crippen LogP contribution in [0.25, 0.3) is 0 Å². The summed E-state index contributed by atoms with van der Waals surface area (Å²) < 4.78 is 56.6. The zero-order valence-electron chi connectivity index (χ0n) is 14.1. The van der Waals surface area contributed by atoms with Crippen molar-refractivity contribution in [3.8, 4) is 0 Å². The summed E-state index contributed by atoms with van der Waals surface area (Å²) in [4.78, 5) is 4.18. The number of hydrogen-bond donors (Lipinski definition) is 1. The predicted molar refractivity (Wildman–Crippen MR) is 92.9 cm³/mol. The Morgan fingerprint density at radius 2 is 1.73 bits per heavy atom. The summed E-state index contributed by atoms with van der Waals surface area (Å²) >= 11 is 0. The number of halogens is 2. The highest BCUT2D eigenvalue weighted by atomic mass is 32.2. The first-order chi connectivity index (χ1) is 12.3. The number of sulfonamides is 1. The Labute approximate surface area is 150 Å². The topological polar surface area (TPSA) is 64.0 Å². The van der Waals surface area contributed by atoms with Gasteiger partial charge >= 0.3 is 0 Å². The zero-order valence-corrected chi connectivity index (χ0v) is 15.0. The second-order valence-electron chi connectivity index (χ2n) is 5.91. The molecule has 5 nitrogen and oxygen atoms in total. The summed E-state index contributed by atoms with van der Waals surface area (Å²) in [5, 5.41) is 0. The van der Waals surface area contributed by atoms with Gasteiger partial charge in [0.25, 0.3) is 0 Å². The molecule has 1 atom stereocenters.